The third kappa shape index (κ3) is 2.59. The first-order valence-electron chi connectivity index (χ1n) is 7.06. The summed E-state index contributed by atoms with van der Waals surface area (Å²) in [6, 6.07) is 13.4. The van der Waals surface area contributed by atoms with Crippen molar-refractivity contribution in [2.24, 2.45) is 5.92 Å². The molecule has 1 aliphatic heterocycles. The van der Waals surface area contributed by atoms with Gasteiger partial charge >= 0.3 is 0 Å². The molecular weight excluding hydrogens is 269 g/mol. The smallest absolute Gasteiger partial charge is 0.131 e. The number of hydrogen-bond donors (Lipinski definition) is 2. The first kappa shape index (κ1) is 13.9. The Bertz CT molecular complexity index is 612. The number of aliphatic hydroxyl groups is 1. The third-order valence-corrected chi connectivity index (χ3v) is 4.23. The van der Waals surface area contributed by atoms with Crippen molar-refractivity contribution in [3.8, 4) is 5.75 Å². The first-order valence-corrected chi connectivity index (χ1v) is 7.06. The molecule has 3 atom stereocenters. The van der Waals surface area contributed by atoms with Crippen LogP contribution in [-0.4, -0.2) is 22.5 Å². The van der Waals surface area contributed by atoms with Crippen LogP contribution < -0.4 is 4.90 Å². The van der Waals surface area contributed by atoms with Crippen molar-refractivity contribution < 1.29 is 14.6 Å². The van der Waals surface area contributed by atoms with E-state index in [0.29, 0.717) is 0 Å². The lowest BCUT2D eigenvalue weighted by Crippen LogP contribution is -2.64. The molecule has 0 amide bonds. The van der Waals surface area contributed by atoms with E-state index >= 15 is 0 Å². The molecule has 0 spiro atoms. The molecule has 0 aliphatic carbocycles. The van der Waals surface area contributed by atoms with E-state index in [0.717, 1.165) is 17.7 Å². The number of rotatable bonds is 3. The van der Waals surface area contributed by atoms with E-state index in [9.17, 15) is 14.6 Å². The topological polar surface area (TPSA) is 43.7 Å². The van der Waals surface area contributed by atoms with Crippen LogP contribution >= 0.6 is 0 Å². The molecule has 4 heteroatoms. The molecule has 1 aliphatic rings. The Labute approximate surface area is 123 Å². The Hall–Kier alpha value is -2.07. The van der Waals surface area contributed by atoms with Crippen LogP contribution in [0.2, 0.25) is 0 Å². The van der Waals surface area contributed by atoms with E-state index < -0.39 is 6.23 Å². The zero-order valence-corrected chi connectivity index (χ0v) is 11.8. The van der Waals surface area contributed by atoms with Crippen molar-refractivity contribution in [2.45, 2.75) is 25.6 Å². The average molecular weight is 287 g/mol. The number of aromatic hydroxyl groups is 1. The number of aliphatic hydroxyl groups excluding tert-OH is 1. The molecular formula is C17H18FNO2. The SMILES string of the molecule is CC1C(O)N(c2ccc(F)cc2)C1Cc1ccc(O)cc1. The molecule has 3 nitrogen and oxygen atoms in total. The van der Waals surface area contributed by atoms with Crippen molar-refractivity contribution in [1.82, 2.24) is 0 Å². The number of anilines is 1. The van der Waals surface area contributed by atoms with Gasteiger partial charge in [-0.2, -0.15) is 0 Å². The third-order valence-electron chi connectivity index (χ3n) is 4.23. The maximum Gasteiger partial charge on any atom is 0.131 e. The zero-order valence-electron chi connectivity index (χ0n) is 11.8. The summed E-state index contributed by atoms with van der Waals surface area (Å²) in [6.45, 7) is 2.01. The molecule has 3 unspecified atom stereocenters. The number of phenols is 1. The summed E-state index contributed by atoms with van der Waals surface area (Å²) < 4.78 is 13.0. The number of halogens is 1. The van der Waals surface area contributed by atoms with Crippen molar-refractivity contribution in [3.05, 3.63) is 59.9 Å². The molecule has 3 rings (SSSR count). The van der Waals surface area contributed by atoms with Gasteiger partial charge in [0.15, 0.2) is 0 Å². The molecule has 1 fully saturated rings. The minimum absolute atomic E-state index is 0.142. The van der Waals surface area contributed by atoms with Gasteiger partial charge in [-0.15, -0.1) is 0 Å². The number of benzene rings is 2. The minimum Gasteiger partial charge on any atom is -0.508 e. The van der Waals surface area contributed by atoms with Gasteiger partial charge in [0.05, 0.1) is 0 Å². The molecule has 21 heavy (non-hydrogen) atoms. The van der Waals surface area contributed by atoms with Crippen LogP contribution in [-0.2, 0) is 6.42 Å². The Kier molecular flexibility index (Phi) is 3.55. The fourth-order valence-electron chi connectivity index (χ4n) is 2.92. The minimum atomic E-state index is -0.544. The van der Waals surface area contributed by atoms with Gasteiger partial charge in [0.1, 0.15) is 17.8 Å². The van der Waals surface area contributed by atoms with E-state index in [1.54, 1.807) is 24.3 Å². The summed E-state index contributed by atoms with van der Waals surface area (Å²) in [7, 11) is 0. The molecule has 110 valence electrons. The van der Waals surface area contributed by atoms with Crippen molar-refractivity contribution in [2.75, 3.05) is 4.90 Å². The van der Waals surface area contributed by atoms with E-state index in [1.807, 2.05) is 24.0 Å². The van der Waals surface area contributed by atoms with Gasteiger partial charge in [-0.05, 0) is 48.4 Å². The first-order chi connectivity index (χ1) is 10.1. The monoisotopic (exact) mass is 287 g/mol. The van der Waals surface area contributed by atoms with Gasteiger partial charge in [-0.25, -0.2) is 4.39 Å². The fraction of sp³-hybridized carbons (Fsp3) is 0.294. The Morgan fingerprint density at radius 3 is 2.29 bits per heavy atom. The second kappa shape index (κ2) is 5.37. The normalized spacial score (nSPS) is 24.7. The molecule has 0 bridgehead atoms. The summed E-state index contributed by atoms with van der Waals surface area (Å²) in [5.41, 5.74) is 1.93. The predicted molar refractivity (Wildman–Crippen MR) is 79.6 cm³/mol. The van der Waals surface area contributed by atoms with Crippen LogP contribution in [0.5, 0.6) is 5.75 Å². The summed E-state index contributed by atoms with van der Waals surface area (Å²) in [6.07, 6.45) is 0.230. The molecule has 1 saturated heterocycles. The van der Waals surface area contributed by atoms with Crippen molar-refractivity contribution >= 4 is 5.69 Å². The molecule has 2 aromatic rings. The maximum atomic E-state index is 13.0. The van der Waals surface area contributed by atoms with Crippen LogP contribution in [0.3, 0.4) is 0 Å². The van der Waals surface area contributed by atoms with Gasteiger partial charge in [-0.3, -0.25) is 0 Å². The number of nitrogens with zero attached hydrogens (tertiary/aromatic N) is 1. The summed E-state index contributed by atoms with van der Waals surface area (Å²) in [5.74, 6) is 0.108. The molecule has 2 aromatic carbocycles. The lowest BCUT2D eigenvalue weighted by atomic mass is 9.83. The second-order valence-electron chi connectivity index (χ2n) is 5.59. The van der Waals surface area contributed by atoms with Crippen LogP contribution in [0.1, 0.15) is 12.5 Å². The highest BCUT2D eigenvalue weighted by Gasteiger charge is 2.44. The van der Waals surface area contributed by atoms with Gasteiger partial charge in [0.2, 0.25) is 0 Å². The highest BCUT2D eigenvalue weighted by Crippen LogP contribution is 2.37. The Balaban J connectivity index is 1.79. The quantitative estimate of drug-likeness (QED) is 0.912. The average Bonchev–Trinajstić information content (AvgIpc) is 2.50. The molecule has 0 saturated carbocycles. The van der Waals surface area contributed by atoms with Crippen LogP contribution in [0.25, 0.3) is 0 Å². The maximum absolute atomic E-state index is 13.0. The van der Waals surface area contributed by atoms with Gasteiger partial charge in [0.25, 0.3) is 0 Å². The summed E-state index contributed by atoms with van der Waals surface area (Å²) >= 11 is 0. The van der Waals surface area contributed by atoms with E-state index in [4.69, 9.17) is 0 Å². The van der Waals surface area contributed by atoms with Crippen LogP contribution in [0, 0.1) is 11.7 Å². The summed E-state index contributed by atoms with van der Waals surface area (Å²) in [5, 5.41) is 19.5. The molecule has 0 radical (unpaired) electrons. The summed E-state index contributed by atoms with van der Waals surface area (Å²) in [4.78, 5) is 1.91. The zero-order chi connectivity index (χ0) is 15.0. The van der Waals surface area contributed by atoms with Gasteiger partial charge in [-0.1, -0.05) is 19.1 Å². The van der Waals surface area contributed by atoms with Crippen molar-refractivity contribution in [3.63, 3.8) is 0 Å². The molecule has 2 N–H and O–H groups in total. The number of phenolic OH excluding ortho intramolecular Hbond substituents is 1. The second-order valence-corrected chi connectivity index (χ2v) is 5.59. The van der Waals surface area contributed by atoms with Crippen LogP contribution in [0.4, 0.5) is 10.1 Å². The molecule has 1 heterocycles. The highest BCUT2D eigenvalue weighted by atomic mass is 19.1. The van der Waals surface area contributed by atoms with Gasteiger partial charge < -0.3 is 15.1 Å². The Morgan fingerprint density at radius 1 is 1.05 bits per heavy atom. The predicted octanol–water partition coefficient (Wildman–Crippen LogP) is 2.92. The number of hydrogen-bond acceptors (Lipinski definition) is 3. The van der Waals surface area contributed by atoms with E-state index in [1.165, 1.54) is 12.1 Å². The van der Waals surface area contributed by atoms with E-state index in [2.05, 4.69) is 0 Å². The molecule has 0 aromatic heterocycles. The van der Waals surface area contributed by atoms with Gasteiger partial charge in [0, 0.05) is 17.6 Å². The Morgan fingerprint density at radius 2 is 1.67 bits per heavy atom. The standard InChI is InChI=1S/C17H18FNO2/c1-11-16(10-12-2-8-15(20)9-3-12)19(17(11)21)14-6-4-13(18)5-7-14/h2-9,11,16-17,20-21H,10H2,1H3. The largest absolute Gasteiger partial charge is 0.508 e. The lowest BCUT2D eigenvalue weighted by Gasteiger charge is -2.53. The highest BCUT2D eigenvalue weighted by molar-refractivity contribution is 5.51. The van der Waals surface area contributed by atoms with Crippen LogP contribution in [0.15, 0.2) is 48.5 Å². The van der Waals surface area contributed by atoms with E-state index in [-0.39, 0.29) is 23.5 Å². The fourth-order valence-corrected chi connectivity index (χ4v) is 2.92. The lowest BCUT2D eigenvalue weighted by molar-refractivity contribution is 0.0168. The van der Waals surface area contributed by atoms with Crippen molar-refractivity contribution in [1.29, 1.82) is 0 Å².